The van der Waals surface area contributed by atoms with E-state index >= 15 is 0 Å². The van der Waals surface area contributed by atoms with E-state index in [1.165, 1.54) is 23.6 Å². The molecular weight excluding hydrogens is 436 g/mol. The van der Waals surface area contributed by atoms with Gasteiger partial charge in [0.15, 0.2) is 5.43 Å². The lowest BCUT2D eigenvalue weighted by atomic mass is 9.84. The molecule has 0 spiro atoms. The minimum Gasteiger partial charge on any atom is -0.360 e. The van der Waals surface area contributed by atoms with Gasteiger partial charge >= 0.3 is 0 Å². The van der Waals surface area contributed by atoms with Crippen LogP contribution < -0.4 is 10.7 Å². The van der Waals surface area contributed by atoms with E-state index in [1.54, 1.807) is 24.4 Å². The molecule has 1 saturated carbocycles. The molecule has 0 saturated heterocycles. The summed E-state index contributed by atoms with van der Waals surface area (Å²) in [5, 5.41) is 12.9. The Morgan fingerprint density at radius 1 is 1.06 bits per heavy atom. The van der Waals surface area contributed by atoms with Crippen LogP contribution in [0.1, 0.15) is 59.2 Å². The average molecular weight is 469 g/mol. The van der Waals surface area contributed by atoms with Crippen LogP contribution in [0.3, 0.4) is 0 Å². The second-order valence-electron chi connectivity index (χ2n) is 9.99. The van der Waals surface area contributed by atoms with Crippen molar-refractivity contribution in [2.75, 3.05) is 19.6 Å². The highest BCUT2D eigenvalue weighted by Crippen LogP contribution is 2.28. The first-order chi connectivity index (χ1) is 17.1. The summed E-state index contributed by atoms with van der Waals surface area (Å²) >= 11 is 0. The topological polar surface area (TPSA) is 89.0 Å². The number of nitrogens with one attached hydrogen (secondary N) is 2. The summed E-state index contributed by atoms with van der Waals surface area (Å²) in [6.07, 6.45) is 9.14. The van der Waals surface area contributed by atoms with Gasteiger partial charge in [0.2, 0.25) is 0 Å². The molecule has 3 aromatic rings. The van der Waals surface area contributed by atoms with Gasteiger partial charge in [0.25, 0.3) is 5.91 Å². The highest BCUT2D eigenvalue weighted by atomic mass is 16.1. The number of para-hydroxylation sites is 1. The fourth-order valence-electron chi connectivity index (χ4n) is 5.68. The van der Waals surface area contributed by atoms with E-state index in [0.717, 1.165) is 63.7 Å². The number of nitriles is 1. The Labute approximate surface area is 206 Å². The van der Waals surface area contributed by atoms with Gasteiger partial charge in [0.05, 0.1) is 22.7 Å². The van der Waals surface area contributed by atoms with Crippen LogP contribution in [-0.4, -0.2) is 41.5 Å². The number of carbonyl (C=O) groups excluding carboxylic acids is 1. The molecule has 0 unspecified atom stereocenters. The SMILES string of the molecule is N#Cc1ccc2c(c1)CCN(CCC1CCC(NC(=O)c3cccc4c(=O)cc[nH]c34)CC1)CC2. The lowest BCUT2D eigenvalue weighted by molar-refractivity contribution is 0.0921. The van der Waals surface area contributed by atoms with Crippen molar-refractivity contribution in [1.29, 1.82) is 5.26 Å². The Bertz CT molecular complexity index is 1310. The zero-order valence-electron chi connectivity index (χ0n) is 20.1. The maximum Gasteiger partial charge on any atom is 0.253 e. The van der Waals surface area contributed by atoms with Gasteiger partial charge in [-0.05, 0) is 92.8 Å². The highest BCUT2D eigenvalue weighted by Gasteiger charge is 2.24. The first-order valence-corrected chi connectivity index (χ1v) is 12.8. The predicted molar refractivity (Wildman–Crippen MR) is 137 cm³/mol. The van der Waals surface area contributed by atoms with Crippen LogP contribution in [0, 0.1) is 17.2 Å². The standard InChI is InChI=1S/C29H32N4O2/c30-19-21-4-7-22-12-16-33(17-13-23(22)18-21)15-11-20-5-8-24(9-6-20)32-29(35)26-3-1-2-25-27(34)10-14-31-28(25)26/h1-4,7,10,14,18,20,24H,5-6,8-9,11-13,15-17H2,(H,31,34)(H,32,35). The molecule has 1 fully saturated rings. The molecule has 2 aliphatic rings. The van der Waals surface area contributed by atoms with E-state index in [-0.39, 0.29) is 17.4 Å². The number of H-pyrrole nitrogens is 1. The molecule has 2 aromatic carbocycles. The van der Waals surface area contributed by atoms with Crippen LogP contribution in [0.5, 0.6) is 0 Å². The number of nitrogens with zero attached hydrogens (tertiary/aromatic N) is 2. The number of hydrogen-bond acceptors (Lipinski definition) is 4. The van der Waals surface area contributed by atoms with E-state index in [1.807, 2.05) is 6.07 Å². The molecule has 35 heavy (non-hydrogen) atoms. The maximum atomic E-state index is 13.0. The average Bonchev–Trinajstić information content (AvgIpc) is 3.10. The van der Waals surface area contributed by atoms with Gasteiger partial charge in [-0.1, -0.05) is 12.1 Å². The Kier molecular flexibility index (Phi) is 6.96. The zero-order chi connectivity index (χ0) is 24.2. The number of pyridine rings is 1. The van der Waals surface area contributed by atoms with Crippen molar-refractivity contribution in [2.24, 2.45) is 5.92 Å². The van der Waals surface area contributed by atoms with Gasteiger partial charge in [-0.3, -0.25) is 9.59 Å². The number of aromatic nitrogens is 1. The Balaban J connectivity index is 1.09. The van der Waals surface area contributed by atoms with Crippen LogP contribution in [0.4, 0.5) is 0 Å². The largest absolute Gasteiger partial charge is 0.360 e. The van der Waals surface area contributed by atoms with E-state index < -0.39 is 0 Å². The Morgan fingerprint density at radius 2 is 1.86 bits per heavy atom. The van der Waals surface area contributed by atoms with Crippen LogP contribution >= 0.6 is 0 Å². The summed E-state index contributed by atoms with van der Waals surface area (Å²) in [6, 6.07) is 15.4. The smallest absolute Gasteiger partial charge is 0.253 e. The van der Waals surface area contributed by atoms with E-state index in [9.17, 15) is 14.9 Å². The third kappa shape index (κ3) is 5.31. The molecule has 2 N–H and O–H groups in total. The second kappa shape index (κ2) is 10.5. The quantitative estimate of drug-likeness (QED) is 0.588. The number of carbonyl (C=O) groups is 1. The lowest BCUT2D eigenvalue weighted by Gasteiger charge is -2.31. The van der Waals surface area contributed by atoms with E-state index in [2.05, 4.69) is 33.4 Å². The number of hydrogen-bond donors (Lipinski definition) is 2. The van der Waals surface area contributed by atoms with Gasteiger partial charge in [-0.2, -0.15) is 5.26 Å². The molecular formula is C29H32N4O2. The molecule has 2 heterocycles. The van der Waals surface area contributed by atoms with Crippen molar-refractivity contribution in [2.45, 2.75) is 51.0 Å². The van der Waals surface area contributed by atoms with Crippen molar-refractivity contribution < 1.29 is 4.79 Å². The molecule has 6 nitrogen and oxygen atoms in total. The summed E-state index contributed by atoms with van der Waals surface area (Å²) in [6.45, 7) is 3.25. The van der Waals surface area contributed by atoms with Crippen molar-refractivity contribution >= 4 is 16.8 Å². The summed E-state index contributed by atoms with van der Waals surface area (Å²) < 4.78 is 0. The molecule has 1 aromatic heterocycles. The minimum absolute atomic E-state index is 0.0749. The third-order valence-corrected chi connectivity index (χ3v) is 7.80. The summed E-state index contributed by atoms with van der Waals surface area (Å²) in [4.78, 5) is 30.7. The summed E-state index contributed by atoms with van der Waals surface area (Å²) in [7, 11) is 0. The van der Waals surface area contributed by atoms with Gasteiger partial charge < -0.3 is 15.2 Å². The van der Waals surface area contributed by atoms with E-state index in [0.29, 0.717) is 22.4 Å². The number of amides is 1. The maximum absolute atomic E-state index is 13.0. The number of fused-ring (bicyclic) bond motifs is 2. The van der Waals surface area contributed by atoms with Crippen LogP contribution in [0.2, 0.25) is 0 Å². The van der Waals surface area contributed by atoms with Gasteiger partial charge in [-0.25, -0.2) is 0 Å². The number of benzene rings is 2. The normalized spacial score (nSPS) is 20.5. The highest BCUT2D eigenvalue weighted by molar-refractivity contribution is 6.05. The number of aromatic amines is 1. The van der Waals surface area contributed by atoms with Crippen LogP contribution in [-0.2, 0) is 12.8 Å². The molecule has 1 aliphatic heterocycles. The number of rotatable bonds is 5. The van der Waals surface area contributed by atoms with Gasteiger partial charge in [0, 0.05) is 36.8 Å². The molecule has 180 valence electrons. The molecule has 0 atom stereocenters. The molecule has 1 aliphatic carbocycles. The zero-order valence-corrected chi connectivity index (χ0v) is 20.1. The van der Waals surface area contributed by atoms with Gasteiger partial charge in [-0.15, -0.1) is 0 Å². The molecule has 5 rings (SSSR count). The summed E-state index contributed by atoms with van der Waals surface area (Å²) in [5.41, 5.74) is 4.54. The van der Waals surface area contributed by atoms with Crippen molar-refractivity contribution in [1.82, 2.24) is 15.2 Å². The lowest BCUT2D eigenvalue weighted by Crippen LogP contribution is -2.38. The molecule has 0 radical (unpaired) electrons. The molecule has 0 bridgehead atoms. The van der Waals surface area contributed by atoms with Crippen molar-refractivity contribution in [3.05, 3.63) is 81.1 Å². The third-order valence-electron chi connectivity index (χ3n) is 7.80. The van der Waals surface area contributed by atoms with Gasteiger partial charge in [0.1, 0.15) is 0 Å². The minimum atomic E-state index is -0.107. The first-order valence-electron chi connectivity index (χ1n) is 12.8. The molecule has 6 heteroatoms. The Morgan fingerprint density at radius 3 is 2.66 bits per heavy atom. The Hall–Kier alpha value is -3.43. The van der Waals surface area contributed by atoms with Crippen LogP contribution in [0.25, 0.3) is 10.9 Å². The fraction of sp³-hybridized carbons (Fsp3) is 0.414. The molecule has 1 amide bonds. The van der Waals surface area contributed by atoms with Crippen molar-refractivity contribution in [3.63, 3.8) is 0 Å². The van der Waals surface area contributed by atoms with Crippen molar-refractivity contribution in [3.8, 4) is 6.07 Å². The van der Waals surface area contributed by atoms with E-state index in [4.69, 9.17) is 0 Å². The second-order valence-corrected chi connectivity index (χ2v) is 9.99. The van der Waals surface area contributed by atoms with Crippen LogP contribution in [0.15, 0.2) is 53.5 Å². The predicted octanol–water partition coefficient (Wildman–Crippen LogP) is 4.18. The fourth-order valence-corrected chi connectivity index (χ4v) is 5.68. The first kappa shape index (κ1) is 23.3. The monoisotopic (exact) mass is 468 g/mol. The summed E-state index contributed by atoms with van der Waals surface area (Å²) in [5.74, 6) is 0.595.